The number of carbonyl (C=O) groups is 1. The van der Waals surface area contributed by atoms with Gasteiger partial charge in [-0.2, -0.15) is 4.98 Å². The number of hydrogen-bond donors (Lipinski definition) is 4. The molecule has 3 aromatic rings. The number of phosphoric acid groups is 1. The highest BCUT2D eigenvalue weighted by molar-refractivity contribution is 7.99. The molecule has 1 amide bonds. The number of anilines is 2. The van der Waals surface area contributed by atoms with Gasteiger partial charge in [0, 0.05) is 5.69 Å². The van der Waals surface area contributed by atoms with Crippen molar-refractivity contribution in [3.8, 4) is 0 Å². The molecule has 2 aliphatic rings. The number of nitrogen functional groups attached to an aromatic ring is 1. The lowest BCUT2D eigenvalue weighted by Gasteiger charge is -2.34. The number of nitrogens with one attached hydrogen (secondary N) is 2. The third-order valence-electron chi connectivity index (χ3n) is 5.14. The van der Waals surface area contributed by atoms with E-state index in [0.717, 1.165) is 11.8 Å². The normalized spacial score (nSPS) is 28.6. The van der Waals surface area contributed by atoms with E-state index in [1.807, 2.05) is 6.07 Å². The molecule has 16 heteroatoms. The van der Waals surface area contributed by atoms with E-state index >= 15 is 0 Å². The molecule has 1 aromatic carbocycles. The summed E-state index contributed by atoms with van der Waals surface area (Å²) in [6.07, 6.45) is -4.87. The number of rotatable bonds is 5. The molecule has 4 heterocycles. The van der Waals surface area contributed by atoms with Gasteiger partial charge in [-0.25, -0.2) is 4.98 Å². The van der Waals surface area contributed by atoms with Crippen molar-refractivity contribution in [2.24, 2.45) is 0 Å². The number of aromatic nitrogens is 4. The number of aliphatic hydroxyl groups excluding tert-OH is 1. The third kappa shape index (κ3) is 4.34. The monoisotopic (exact) mass is 510 g/mol. The van der Waals surface area contributed by atoms with Crippen molar-refractivity contribution in [3.05, 3.63) is 40.7 Å². The van der Waals surface area contributed by atoms with Crippen LogP contribution in [0.4, 0.5) is 11.6 Å². The summed E-state index contributed by atoms with van der Waals surface area (Å²) >= 11 is 0.963. The van der Waals surface area contributed by atoms with Gasteiger partial charge in [-0.1, -0.05) is 30.0 Å². The molecule has 180 valence electrons. The van der Waals surface area contributed by atoms with E-state index in [1.165, 1.54) is 4.57 Å². The fraction of sp³-hybridized carbons (Fsp3) is 0.333. The highest BCUT2D eigenvalue weighted by Crippen LogP contribution is 2.50. The maximum absolute atomic E-state index is 12.4. The average molecular weight is 510 g/mol. The van der Waals surface area contributed by atoms with Crippen LogP contribution in [0, 0.1) is 0 Å². The number of H-pyrrole nitrogens is 1. The Balaban J connectivity index is 0.00000289. The van der Waals surface area contributed by atoms with Crippen LogP contribution >= 0.6 is 19.6 Å². The highest BCUT2D eigenvalue weighted by Gasteiger charge is 2.51. The van der Waals surface area contributed by atoms with E-state index in [9.17, 15) is 24.2 Å². The Hall–Kier alpha value is -2.78. The number of para-hydroxylation sites is 1. The van der Waals surface area contributed by atoms with Crippen LogP contribution in [0.5, 0.6) is 0 Å². The van der Waals surface area contributed by atoms with E-state index in [-0.39, 0.29) is 42.0 Å². The van der Waals surface area contributed by atoms with Crippen molar-refractivity contribution in [3.63, 3.8) is 0 Å². The lowest BCUT2D eigenvalue weighted by Crippen LogP contribution is -2.41. The number of thioether (sulfide) groups is 1. The summed E-state index contributed by atoms with van der Waals surface area (Å²) in [6, 6.07) is 8.81. The lowest BCUT2D eigenvalue weighted by molar-refractivity contribution is -0.245. The number of phosphoric ester groups is 1. The third-order valence-corrected chi connectivity index (χ3v) is 7.06. The summed E-state index contributed by atoms with van der Waals surface area (Å²) in [5.74, 6) is -0.649. The molecule has 0 saturated carbocycles. The molecule has 5 atom stereocenters. The average Bonchev–Trinajstić information content (AvgIpc) is 3.29. The Kier molecular flexibility index (Phi) is 5.93. The fourth-order valence-corrected chi connectivity index (χ4v) is 5.47. The highest BCUT2D eigenvalue weighted by atomic mass is 32.2. The molecular formula is C18H19N6O8PS. The van der Waals surface area contributed by atoms with Gasteiger partial charge in [0.2, 0.25) is 11.9 Å². The Labute approximate surface area is 196 Å². The van der Waals surface area contributed by atoms with Crippen molar-refractivity contribution >= 4 is 48.3 Å². The number of amides is 1. The number of aliphatic hydroxyl groups is 1. The fourth-order valence-electron chi connectivity index (χ4n) is 3.70. The number of nitrogens with zero attached hydrogens (tertiary/aromatic N) is 3. The Morgan fingerprint density at radius 1 is 1.41 bits per heavy atom. The number of aromatic amines is 1. The molecule has 2 aromatic heterocycles. The number of imidazole rings is 1. The topological polar surface area (TPSA) is 207 Å². The Morgan fingerprint density at radius 2 is 2.18 bits per heavy atom. The van der Waals surface area contributed by atoms with Gasteiger partial charge >= 0.3 is 1.43 Å². The zero-order chi connectivity index (χ0) is 24.0. The molecule has 34 heavy (non-hydrogen) atoms. The smallest absolute Gasteiger partial charge is 0.756 e. The number of nitrogens with two attached hydrogens (primary N) is 1. The SMILES string of the molecule is Nc1nc2c(nc(SCC(=O)Nc3ccccc3)n2[C@@H]2OC3COP(=O)([O-])O[C@H]3C2O)c(=O)[nH]1.[H+]. The zero-order valence-corrected chi connectivity index (χ0v) is 18.9. The molecule has 0 bridgehead atoms. The van der Waals surface area contributed by atoms with E-state index in [4.69, 9.17) is 15.0 Å². The summed E-state index contributed by atoms with van der Waals surface area (Å²) in [6.45, 7) is -0.357. The van der Waals surface area contributed by atoms with Gasteiger partial charge in [-0.15, -0.1) is 0 Å². The summed E-state index contributed by atoms with van der Waals surface area (Å²) in [4.78, 5) is 47.3. The van der Waals surface area contributed by atoms with Gasteiger partial charge < -0.3 is 34.8 Å². The van der Waals surface area contributed by atoms with E-state index < -0.39 is 37.9 Å². The summed E-state index contributed by atoms with van der Waals surface area (Å²) in [7, 11) is -4.60. The van der Waals surface area contributed by atoms with E-state index in [2.05, 4.69) is 24.8 Å². The minimum atomic E-state index is -4.60. The van der Waals surface area contributed by atoms with Crippen LogP contribution in [-0.2, 0) is 23.1 Å². The van der Waals surface area contributed by atoms with Crippen molar-refractivity contribution in [1.29, 1.82) is 0 Å². The van der Waals surface area contributed by atoms with Crippen molar-refractivity contribution < 1.29 is 34.6 Å². The Bertz CT molecular complexity index is 1360. The van der Waals surface area contributed by atoms with Crippen molar-refractivity contribution in [2.45, 2.75) is 29.7 Å². The number of benzene rings is 1. The first kappa shape index (κ1) is 23.0. The van der Waals surface area contributed by atoms with Gasteiger partial charge in [0.1, 0.15) is 18.3 Å². The second kappa shape index (κ2) is 8.78. The molecule has 5 N–H and O–H groups in total. The molecule has 0 radical (unpaired) electrons. The minimum Gasteiger partial charge on any atom is -0.756 e. The van der Waals surface area contributed by atoms with E-state index in [1.54, 1.807) is 24.3 Å². The quantitative estimate of drug-likeness (QED) is 0.257. The predicted molar refractivity (Wildman–Crippen MR) is 118 cm³/mol. The van der Waals surface area contributed by atoms with Gasteiger partial charge in [0.15, 0.2) is 22.5 Å². The predicted octanol–water partition coefficient (Wildman–Crippen LogP) is -0.313. The standard InChI is InChI=1S/C18H19N6O8PS/c19-17-22-14-11(15(27)23-17)21-18(34-7-10(25)20-8-4-2-1-3-5-8)24(14)16-12(26)13-9(31-16)6-30-33(28,29)32-13/h1-5,9,12-13,16,26H,6-7H2,(H,20,25)(H,28,29)(H3,19,22,23,27)/t9?,12?,13-,16-/m1/s1. The molecule has 14 nitrogen and oxygen atoms in total. The first-order valence-electron chi connectivity index (χ1n) is 9.95. The molecule has 0 aliphatic carbocycles. The molecular weight excluding hydrogens is 491 g/mol. The van der Waals surface area contributed by atoms with E-state index in [0.29, 0.717) is 5.69 Å². The summed E-state index contributed by atoms with van der Waals surface area (Å²) in [5, 5.41) is 13.7. The Morgan fingerprint density at radius 3 is 2.94 bits per heavy atom. The molecule has 2 fully saturated rings. The first-order valence-corrected chi connectivity index (χ1v) is 12.4. The number of fused-ring (bicyclic) bond motifs is 2. The number of hydrogen-bond acceptors (Lipinski definition) is 12. The van der Waals surface area contributed by atoms with Crippen LogP contribution in [-0.4, -0.2) is 61.2 Å². The molecule has 3 unspecified atom stereocenters. The molecule has 5 rings (SSSR count). The van der Waals surface area contributed by atoms with Gasteiger partial charge in [0.05, 0.1) is 12.4 Å². The second-order valence-electron chi connectivity index (χ2n) is 7.46. The van der Waals surface area contributed by atoms with Gasteiger partial charge in [-0.3, -0.25) is 23.7 Å². The van der Waals surface area contributed by atoms with Gasteiger partial charge in [0.25, 0.3) is 13.4 Å². The lowest BCUT2D eigenvalue weighted by atomic mass is 10.1. The van der Waals surface area contributed by atoms with Crippen LogP contribution in [0.15, 0.2) is 40.3 Å². The maximum atomic E-state index is 12.4. The second-order valence-corrected chi connectivity index (χ2v) is 9.77. The van der Waals surface area contributed by atoms with Crippen molar-refractivity contribution in [1.82, 2.24) is 19.5 Å². The van der Waals surface area contributed by atoms with Crippen LogP contribution in [0.2, 0.25) is 0 Å². The molecule has 2 aliphatic heterocycles. The largest absolute Gasteiger partial charge is 1.00 e. The number of ether oxygens (including phenoxy) is 1. The first-order chi connectivity index (χ1) is 16.2. The van der Waals surface area contributed by atoms with Crippen molar-refractivity contribution in [2.75, 3.05) is 23.4 Å². The molecule has 0 spiro atoms. The van der Waals surface area contributed by atoms with Crippen LogP contribution in [0.25, 0.3) is 11.2 Å². The summed E-state index contributed by atoms with van der Waals surface area (Å²) in [5.41, 5.74) is 5.55. The number of carbonyl (C=O) groups excluding carboxylic acids is 1. The van der Waals surface area contributed by atoms with Gasteiger partial charge in [-0.05, 0) is 12.1 Å². The van der Waals surface area contributed by atoms with Crippen LogP contribution < -0.4 is 21.5 Å². The minimum absolute atomic E-state index is 0. The molecule has 2 saturated heterocycles. The summed E-state index contributed by atoms with van der Waals surface area (Å²) < 4.78 is 28.3. The zero-order valence-electron chi connectivity index (χ0n) is 18.2. The van der Waals surface area contributed by atoms with Crippen LogP contribution in [0.3, 0.4) is 0 Å². The maximum Gasteiger partial charge on any atom is 1.00 e. The van der Waals surface area contributed by atoms with Crippen LogP contribution in [0.1, 0.15) is 7.65 Å².